The molecular weight excluding hydrogens is 320 g/mol. The van der Waals surface area contributed by atoms with E-state index in [0.717, 1.165) is 40.8 Å². The molecule has 0 radical (unpaired) electrons. The molecule has 1 atom stereocenters. The van der Waals surface area contributed by atoms with Crippen LogP contribution >= 0.6 is 11.8 Å². The van der Waals surface area contributed by atoms with Gasteiger partial charge in [-0.05, 0) is 24.3 Å². The molecule has 2 heterocycles. The highest BCUT2D eigenvalue weighted by molar-refractivity contribution is 7.98. The summed E-state index contributed by atoms with van der Waals surface area (Å²) in [6, 6.07) is 8.33. The molecule has 6 nitrogen and oxygen atoms in total. The first-order chi connectivity index (χ1) is 11.8. The Hall–Kier alpha value is -2.30. The highest BCUT2D eigenvalue weighted by Crippen LogP contribution is 2.32. The molecule has 1 aliphatic rings. The zero-order valence-corrected chi connectivity index (χ0v) is 14.6. The summed E-state index contributed by atoms with van der Waals surface area (Å²) >= 11 is 1.53. The van der Waals surface area contributed by atoms with Gasteiger partial charge in [-0.25, -0.2) is 9.97 Å². The molecule has 0 fully saturated rings. The Bertz CT molecular complexity index is 770. The summed E-state index contributed by atoms with van der Waals surface area (Å²) in [5.41, 5.74) is 3.83. The normalized spacial score (nSPS) is 16.0. The van der Waals surface area contributed by atoms with Crippen molar-refractivity contribution in [1.29, 1.82) is 5.26 Å². The van der Waals surface area contributed by atoms with Gasteiger partial charge >= 0.3 is 0 Å². The molecule has 0 bridgehead atoms. The third kappa shape index (κ3) is 3.30. The Balaban J connectivity index is 1.79. The molecule has 1 unspecified atom stereocenters. The van der Waals surface area contributed by atoms with E-state index >= 15 is 0 Å². The molecule has 124 valence electrons. The monoisotopic (exact) mass is 340 g/mol. The number of hydrogen-bond donors (Lipinski definition) is 3. The zero-order valence-electron chi connectivity index (χ0n) is 13.8. The lowest BCUT2D eigenvalue weighted by Gasteiger charge is -2.28. The van der Waals surface area contributed by atoms with Crippen LogP contribution in [0.2, 0.25) is 0 Å². The predicted molar refractivity (Wildman–Crippen MR) is 97.2 cm³/mol. The standard InChI is InChI=1S/C17H20N6S/c1-19-16-12(10-22-17(23-16)24-2)9-21-14-6-7-20-15-11(8-18)4-3-5-13(14)15/h3-5,10,14,20-21H,6-7,9H2,1-2H3,(H,19,22,23). The highest BCUT2D eigenvalue weighted by atomic mass is 32.2. The van der Waals surface area contributed by atoms with Crippen molar-refractivity contribution in [2.24, 2.45) is 0 Å². The minimum Gasteiger partial charge on any atom is -0.384 e. The Morgan fingerprint density at radius 1 is 1.46 bits per heavy atom. The number of anilines is 2. The first kappa shape index (κ1) is 16.6. The maximum Gasteiger partial charge on any atom is 0.189 e. The van der Waals surface area contributed by atoms with Crippen LogP contribution < -0.4 is 16.0 Å². The SMILES string of the molecule is CNc1nc(SC)ncc1CNC1CCNc2c(C#N)cccc21. The van der Waals surface area contributed by atoms with Crippen LogP contribution in [0.1, 0.15) is 29.2 Å². The van der Waals surface area contributed by atoms with E-state index < -0.39 is 0 Å². The van der Waals surface area contributed by atoms with E-state index in [1.807, 2.05) is 31.6 Å². The molecule has 0 aliphatic carbocycles. The molecule has 1 aliphatic heterocycles. The molecule has 2 aromatic rings. The average Bonchev–Trinajstić information content (AvgIpc) is 2.65. The Morgan fingerprint density at radius 2 is 2.33 bits per heavy atom. The Kier molecular flexibility index (Phi) is 5.18. The minimum absolute atomic E-state index is 0.208. The van der Waals surface area contributed by atoms with E-state index in [9.17, 15) is 5.26 Å². The highest BCUT2D eigenvalue weighted by Gasteiger charge is 2.22. The van der Waals surface area contributed by atoms with Crippen molar-refractivity contribution in [1.82, 2.24) is 15.3 Å². The molecule has 3 N–H and O–H groups in total. The van der Waals surface area contributed by atoms with Crippen LogP contribution in [-0.2, 0) is 6.54 Å². The van der Waals surface area contributed by atoms with Gasteiger partial charge in [-0.15, -0.1) is 0 Å². The third-order valence-electron chi connectivity index (χ3n) is 4.13. The van der Waals surface area contributed by atoms with Gasteiger partial charge in [0.2, 0.25) is 0 Å². The van der Waals surface area contributed by atoms with Gasteiger partial charge in [0.25, 0.3) is 0 Å². The summed E-state index contributed by atoms with van der Waals surface area (Å²) in [7, 11) is 1.87. The largest absolute Gasteiger partial charge is 0.384 e. The number of nitrogens with zero attached hydrogens (tertiary/aromatic N) is 3. The van der Waals surface area contributed by atoms with Crippen LogP contribution in [0.5, 0.6) is 0 Å². The lowest BCUT2D eigenvalue weighted by atomic mass is 9.95. The maximum absolute atomic E-state index is 9.27. The van der Waals surface area contributed by atoms with Crippen molar-refractivity contribution in [2.75, 3.05) is 30.5 Å². The van der Waals surface area contributed by atoms with E-state index in [-0.39, 0.29) is 6.04 Å². The molecule has 0 saturated heterocycles. The molecule has 0 saturated carbocycles. The number of para-hydroxylation sites is 1. The van der Waals surface area contributed by atoms with Crippen LogP contribution in [0.4, 0.5) is 11.5 Å². The Labute approximate surface area is 146 Å². The fraction of sp³-hybridized carbons (Fsp3) is 0.353. The first-order valence-corrected chi connectivity index (χ1v) is 9.07. The first-order valence-electron chi connectivity index (χ1n) is 7.84. The van der Waals surface area contributed by atoms with Gasteiger partial charge in [-0.1, -0.05) is 23.9 Å². The molecule has 24 heavy (non-hydrogen) atoms. The van der Waals surface area contributed by atoms with E-state index in [1.165, 1.54) is 11.8 Å². The van der Waals surface area contributed by atoms with Gasteiger partial charge in [0.1, 0.15) is 11.9 Å². The van der Waals surface area contributed by atoms with Crippen LogP contribution in [0.15, 0.2) is 29.6 Å². The van der Waals surface area contributed by atoms with Crippen molar-refractivity contribution < 1.29 is 0 Å². The number of rotatable bonds is 5. The second-order valence-corrected chi connectivity index (χ2v) is 6.28. The minimum atomic E-state index is 0.208. The fourth-order valence-corrected chi connectivity index (χ4v) is 3.27. The van der Waals surface area contributed by atoms with Gasteiger partial charge in [-0.2, -0.15) is 5.26 Å². The van der Waals surface area contributed by atoms with Crippen LogP contribution in [-0.4, -0.2) is 29.8 Å². The van der Waals surface area contributed by atoms with Crippen molar-refractivity contribution in [3.05, 3.63) is 41.1 Å². The van der Waals surface area contributed by atoms with Crippen molar-refractivity contribution in [3.8, 4) is 6.07 Å². The van der Waals surface area contributed by atoms with E-state index in [1.54, 1.807) is 0 Å². The summed E-state index contributed by atoms with van der Waals surface area (Å²) in [6.07, 6.45) is 4.80. The molecule has 3 rings (SSSR count). The summed E-state index contributed by atoms with van der Waals surface area (Å²) in [5, 5.41) is 20.1. The van der Waals surface area contributed by atoms with Crippen LogP contribution in [0.3, 0.4) is 0 Å². The van der Waals surface area contributed by atoms with Crippen LogP contribution in [0.25, 0.3) is 0 Å². The topological polar surface area (TPSA) is 85.7 Å². The lowest BCUT2D eigenvalue weighted by Crippen LogP contribution is -2.28. The number of thioether (sulfide) groups is 1. The van der Waals surface area contributed by atoms with Crippen LogP contribution in [0, 0.1) is 11.3 Å². The summed E-state index contributed by atoms with van der Waals surface area (Å²) < 4.78 is 0. The van der Waals surface area contributed by atoms with Crippen molar-refractivity contribution in [3.63, 3.8) is 0 Å². The fourth-order valence-electron chi connectivity index (χ4n) is 2.93. The second-order valence-electron chi connectivity index (χ2n) is 5.51. The van der Waals surface area contributed by atoms with E-state index in [2.05, 4.69) is 38.1 Å². The second kappa shape index (κ2) is 7.51. The van der Waals surface area contributed by atoms with Gasteiger partial charge < -0.3 is 16.0 Å². The summed E-state index contributed by atoms with van der Waals surface area (Å²) in [6.45, 7) is 1.52. The van der Waals surface area contributed by atoms with Gasteiger partial charge in [0.05, 0.1) is 11.3 Å². The quantitative estimate of drug-likeness (QED) is 0.570. The number of nitriles is 1. The predicted octanol–water partition coefficient (Wildman–Crippen LogP) is 2.76. The summed E-state index contributed by atoms with van der Waals surface area (Å²) in [5.74, 6) is 0.849. The molecule has 7 heteroatoms. The molecular formula is C17H20N6S. The molecule has 0 spiro atoms. The maximum atomic E-state index is 9.27. The van der Waals surface area contributed by atoms with Crippen molar-refractivity contribution in [2.45, 2.75) is 24.2 Å². The average molecular weight is 340 g/mol. The summed E-state index contributed by atoms with van der Waals surface area (Å²) in [4.78, 5) is 8.85. The number of benzene rings is 1. The molecule has 0 amide bonds. The Morgan fingerprint density at radius 3 is 3.08 bits per heavy atom. The van der Waals surface area contributed by atoms with Gasteiger partial charge in [0.15, 0.2) is 5.16 Å². The molecule has 1 aromatic heterocycles. The van der Waals surface area contributed by atoms with E-state index in [4.69, 9.17) is 0 Å². The smallest absolute Gasteiger partial charge is 0.189 e. The zero-order chi connectivity index (χ0) is 16.9. The molecule has 1 aromatic carbocycles. The van der Waals surface area contributed by atoms with Gasteiger partial charge in [0, 0.05) is 37.9 Å². The lowest BCUT2D eigenvalue weighted by molar-refractivity contribution is 0.499. The number of nitrogens with one attached hydrogen (secondary N) is 3. The number of fused-ring (bicyclic) bond motifs is 1. The van der Waals surface area contributed by atoms with E-state index in [0.29, 0.717) is 12.1 Å². The third-order valence-corrected chi connectivity index (χ3v) is 4.69. The number of hydrogen-bond acceptors (Lipinski definition) is 7. The number of aromatic nitrogens is 2. The van der Waals surface area contributed by atoms with Crippen molar-refractivity contribution >= 4 is 23.3 Å². The van der Waals surface area contributed by atoms with Gasteiger partial charge in [-0.3, -0.25) is 0 Å².